The number of nitrogens with one attached hydrogen (secondary N) is 2. The Morgan fingerprint density at radius 3 is 3.14 bits per heavy atom. The number of ether oxygens (including phenoxy) is 1. The highest BCUT2D eigenvalue weighted by molar-refractivity contribution is 5.92. The Balaban J connectivity index is 1.73. The third kappa shape index (κ3) is 2.76. The van der Waals surface area contributed by atoms with Gasteiger partial charge in [0.25, 0.3) is 0 Å². The van der Waals surface area contributed by atoms with Gasteiger partial charge < -0.3 is 14.6 Å². The fraction of sp³-hybridized carbons (Fsp3) is 0.533. The van der Waals surface area contributed by atoms with Crippen LogP contribution in [0.25, 0.3) is 0 Å². The number of imidazole rings is 1. The molecule has 1 fully saturated rings. The van der Waals surface area contributed by atoms with Crippen LogP contribution in [0.15, 0.2) is 18.5 Å². The fourth-order valence-electron chi connectivity index (χ4n) is 2.78. The van der Waals surface area contributed by atoms with Crippen LogP contribution >= 0.6 is 0 Å². The number of hydrogen-bond acceptors (Lipinski definition) is 4. The summed E-state index contributed by atoms with van der Waals surface area (Å²) in [6, 6.07) is 1.86. The summed E-state index contributed by atoms with van der Waals surface area (Å²) < 4.78 is 7.78. The number of hydrogen-bond donors (Lipinski definition) is 2. The summed E-state index contributed by atoms with van der Waals surface area (Å²) in [4.78, 5) is 16.9. The fourth-order valence-corrected chi connectivity index (χ4v) is 2.78. The molecule has 2 aromatic rings. The lowest BCUT2D eigenvalue weighted by Gasteiger charge is -2.18. The summed E-state index contributed by atoms with van der Waals surface area (Å²) in [6.45, 7) is 5.46. The van der Waals surface area contributed by atoms with Gasteiger partial charge in [0.15, 0.2) is 5.82 Å². The van der Waals surface area contributed by atoms with Gasteiger partial charge >= 0.3 is 0 Å². The van der Waals surface area contributed by atoms with Crippen molar-refractivity contribution >= 4 is 11.7 Å². The van der Waals surface area contributed by atoms with Gasteiger partial charge in [0, 0.05) is 37.3 Å². The molecule has 2 aromatic heterocycles. The van der Waals surface area contributed by atoms with Gasteiger partial charge in [-0.2, -0.15) is 5.10 Å². The molecule has 0 saturated carbocycles. The molecule has 7 heteroatoms. The number of H-pyrrole nitrogens is 1. The normalized spacial score (nSPS) is 21.2. The minimum absolute atomic E-state index is 0.0673. The van der Waals surface area contributed by atoms with Crippen molar-refractivity contribution in [3.8, 4) is 0 Å². The van der Waals surface area contributed by atoms with Gasteiger partial charge in [0.2, 0.25) is 5.91 Å². The van der Waals surface area contributed by atoms with Gasteiger partial charge in [0.05, 0.1) is 5.92 Å². The highest BCUT2D eigenvalue weighted by Gasteiger charge is 2.37. The zero-order chi connectivity index (χ0) is 15.5. The molecule has 1 saturated heterocycles. The molecule has 2 atom stereocenters. The first-order chi connectivity index (χ1) is 10.7. The van der Waals surface area contributed by atoms with Crippen LogP contribution in [-0.4, -0.2) is 32.3 Å². The first kappa shape index (κ1) is 14.8. The van der Waals surface area contributed by atoms with Crippen molar-refractivity contribution < 1.29 is 9.53 Å². The molecule has 2 N–H and O–H groups in total. The van der Waals surface area contributed by atoms with Crippen molar-refractivity contribution in [2.45, 2.75) is 39.3 Å². The highest BCUT2D eigenvalue weighted by Crippen LogP contribution is 2.34. The Labute approximate surface area is 129 Å². The molecule has 1 aliphatic heterocycles. The maximum absolute atomic E-state index is 12.5. The van der Waals surface area contributed by atoms with Crippen LogP contribution in [0.1, 0.15) is 37.9 Å². The molecule has 1 aliphatic rings. The molecule has 0 spiro atoms. The Bertz CT molecular complexity index is 648. The summed E-state index contributed by atoms with van der Waals surface area (Å²) in [5.41, 5.74) is 0.996. The first-order valence-electron chi connectivity index (χ1n) is 7.70. The second-order valence-electron chi connectivity index (χ2n) is 5.38. The van der Waals surface area contributed by atoms with Gasteiger partial charge in [-0.3, -0.25) is 9.89 Å². The summed E-state index contributed by atoms with van der Waals surface area (Å²) >= 11 is 0. The molecule has 22 heavy (non-hydrogen) atoms. The van der Waals surface area contributed by atoms with Crippen LogP contribution in [0.4, 0.5) is 5.82 Å². The van der Waals surface area contributed by atoms with Crippen LogP contribution in [0.3, 0.4) is 0 Å². The van der Waals surface area contributed by atoms with Crippen molar-refractivity contribution in [2.24, 2.45) is 5.92 Å². The molecule has 3 rings (SSSR count). The SMILES string of the molecule is CCc1cc(NC(=O)[C@@H]2CCO[C@H]2c2nccn2CC)n[nH]1. The summed E-state index contributed by atoms with van der Waals surface area (Å²) in [6.07, 6.45) is 4.91. The van der Waals surface area contributed by atoms with Gasteiger partial charge in [-0.25, -0.2) is 4.98 Å². The van der Waals surface area contributed by atoms with Crippen LogP contribution in [0, 0.1) is 5.92 Å². The molecule has 0 aromatic carbocycles. The Morgan fingerprint density at radius 1 is 1.55 bits per heavy atom. The average Bonchev–Trinajstić information content (AvgIpc) is 3.25. The maximum atomic E-state index is 12.5. The molecule has 0 aliphatic carbocycles. The Kier molecular flexibility index (Phi) is 4.24. The van der Waals surface area contributed by atoms with Crippen molar-refractivity contribution in [2.75, 3.05) is 11.9 Å². The summed E-state index contributed by atoms with van der Waals surface area (Å²) in [5, 5.41) is 9.87. The number of carbonyl (C=O) groups excluding carboxylic acids is 1. The number of amides is 1. The number of aryl methyl sites for hydroxylation is 2. The molecule has 0 bridgehead atoms. The predicted octanol–water partition coefficient (Wildman–Crippen LogP) is 1.90. The molecule has 7 nitrogen and oxygen atoms in total. The number of rotatable bonds is 5. The van der Waals surface area contributed by atoms with Gasteiger partial charge in [0.1, 0.15) is 11.9 Å². The summed E-state index contributed by atoms with van der Waals surface area (Å²) in [7, 11) is 0. The lowest BCUT2D eigenvalue weighted by Crippen LogP contribution is -2.27. The van der Waals surface area contributed by atoms with Gasteiger partial charge in [-0.15, -0.1) is 0 Å². The lowest BCUT2D eigenvalue weighted by atomic mass is 10.00. The van der Waals surface area contributed by atoms with Crippen LogP contribution in [0.2, 0.25) is 0 Å². The van der Waals surface area contributed by atoms with E-state index in [4.69, 9.17) is 4.74 Å². The molecule has 1 amide bonds. The van der Waals surface area contributed by atoms with E-state index in [1.807, 2.05) is 30.7 Å². The van der Waals surface area contributed by atoms with E-state index in [2.05, 4.69) is 20.5 Å². The Hall–Kier alpha value is -2.15. The number of aromatic amines is 1. The van der Waals surface area contributed by atoms with E-state index >= 15 is 0 Å². The number of anilines is 1. The highest BCUT2D eigenvalue weighted by atomic mass is 16.5. The maximum Gasteiger partial charge on any atom is 0.231 e. The van der Waals surface area contributed by atoms with Crippen molar-refractivity contribution in [3.63, 3.8) is 0 Å². The van der Waals surface area contributed by atoms with E-state index in [0.717, 1.165) is 24.5 Å². The van der Waals surface area contributed by atoms with Gasteiger partial charge in [-0.1, -0.05) is 6.92 Å². The minimum Gasteiger partial charge on any atom is -0.369 e. The molecule has 3 heterocycles. The van der Waals surface area contributed by atoms with Crippen LogP contribution in [-0.2, 0) is 22.5 Å². The quantitative estimate of drug-likeness (QED) is 0.883. The summed E-state index contributed by atoms with van der Waals surface area (Å²) in [5.74, 6) is 1.07. The molecule has 0 radical (unpaired) electrons. The largest absolute Gasteiger partial charge is 0.369 e. The zero-order valence-electron chi connectivity index (χ0n) is 12.9. The van der Waals surface area contributed by atoms with E-state index in [1.54, 1.807) is 6.20 Å². The van der Waals surface area contributed by atoms with E-state index < -0.39 is 0 Å². The van der Waals surface area contributed by atoms with E-state index in [-0.39, 0.29) is 17.9 Å². The molecule has 118 valence electrons. The van der Waals surface area contributed by atoms with Crippen LogP contribution in [0.5, 0.6) is 0 Å². The van der Waals surface area contributed by atoms with Gasteiger partial charge in [-0.05, 0) is 19.8 Å². The average molecular weight is 303 g/mol. The van der Waals surface area contributed by atoms with Crippen molar-refractivity contribution in [1.29, 1.82) is 0 Å². The van der Waals surface area contributed by atoms with Crippen molar-refractivity contribution in [3.05, 3.63) is 30.0 Å². The number of aromatic nitrogens is 4. The Morgan fingerprint density at radius 2 is 2.41 bits per heavy atom. The number of nitrogens with zero attached hydrogens (tertiary/aromatic N) is 3. The molecular formula is C15H21N5O2. The first-order valence-corrected chi connectivity index (χ1v) is 7.70. The minimum atomic E-state index is -0.292. The second kappa shape index (κ2) is 6.31. The molecular weight excluding hydrogens is 282 g/mol. The second-order valence-corrected chi connectivity index (χ2v) is 5.38. The van der Waals surface area contributed by atoms with Crippen LogP contribution < -0.4 is 5.32 Å². The molecule has 0 unspecified atom stereocenters. The number of carbonyl (C=O) groups is 1. The van der Waals surface area contributed by atoms with E-state index in [1.165, 1.54) is 0 Å². The monoisotopic (exact) mass is 303 g/mol. The van der Waals surface area contributed by atoms with E-state index in [9.17, 15) is 4.79 Å². The lowest BCUT2D eigenvalue weighted by molar-refractivity contribution is -0.121. The third-order valence-electron chi connectivity index (χ3n) is 4.03. The topological polar surface area (TPSA) is 84.8 Å². The zero-order valence-corrected chi connectivity index (χ0v) is 12.9. The third-order valence-corrected chi connectivity index (χ3v) is 4.03. The smallest absolute Gasteiger partial charge is 0.231 e. The van der Waals surface area contributed by atoms with E-state index in [0.29, 0.717) is 18.8 Å². The predicted molar refractivity (Wildman–Crippen MR) is 81.3 cm³/mol. The standard InChI is InChI=1S/C15H21N5O2/c1-3-10-9-12(19-18-10)17-15(21)11-5-8-22-13(11)14-16-6-7-20(14)4-2/h6-7,9,11,13H,3-5,8H2,1-2H3,(H2,17,18,19,21)/t11-,13-/m1/s1. The van der Waals surface area contributed by atoms with Crippen molar-refractivity contribution in [1.82, 2.24) is 19.7 Å².